The van der Waals surface area contributed by atoms with E-state index in [1.807, 2.05) is 26.0 Å². The number of carbonyl (C=O) groups excluding carboxylic acids is 2. The Balaban J connectivity index is 2.49. The van der Waals surface area contributed by atoms with E-state index >= 15 is 0 Å². The first-order chi connectivity index (χ1) is 8.97. The maximum absolute atomic E-state index is 11.7. The molecule has 19 heavy (non-hydrogen) atoms. The van der Waals surface area contributed by atoms with Crippen LogP contribution in [0.4, 0.5) is 0 Å². The summed E-state index contributed by atoms with van der Waals surface area (Å²) >= 11 is 0. The van der Waals surface area contributed by atoms with Crippen LogP contribution in [0.5, 0.6) is 0 Å². The fourth-order valence-corrected chi connectivity index (χ4v) is 2.18. The van der Waals surface area contributed by atoms with E-state index in [1.54, 1.807) is 12.1 Å². The lowest BCUT2D eigenvalue weighted by atomic mass is 9.97. The summed E-state index contributed by atoms with van der Waals surface area (Å²) in [6, 6.07) is 13.5. The van der Waals surface area contributed by atoms with Crippen molar-refractivity contribution in [1.82, 2.24) is 0 Å². The minimum atomic E-state index is -0.439. The Labute approximate surface area is 113 Å². The second-order valence-electron chi connectivity index (χ2n) is 4.84. The summed E-state index contributed by atoms with van der Waals surface area (Å²) < 4.78 is 0. The van der Waals surface area contributed by atoms with Gasteiger partial charge in [0.1, 0.15) is 0 Å². The number of ketones is 2. The maximum atomic E-state index is 11.7. The summed E-state index contributed by atoms with van der Waals surface area (Å²) in [6.07, 6.45) is 0. The lowest BCUT2D eigenvalue weighted by molar-refractivity contribution is -0.113. The van der Waals surface area contributed by atoms with E-state index in [9.17, 15) is 9.59 Å². The van der Waals surface area contributed by atoms with Crippen molar-refractivity contribution in [2.45, 2.75) is 20.8 Å². The van der Waals surface area contributed by atoms with Gasteiger partial charge in [0.2, 0.25) is 5.78 Å². The number of rotatable bonds is 3. The van der Waals surface area contributed by atoms with Crippen molar-refractivity contribution in [1.29, 1.82) is 0 Å². The van der Waals surface area contributed by atoms with Gasteiger partial charge in [-0.15, -0.1) is 0 Å². The molecule has 0 saturated carbocycles. The van der Waals surface area contributed by atoms with E-state index in [0.29, 0.717) is 5.56 Å². The van der Waals surface area contributed by atoms with Crippen molar-refractivity contribution >= 4 is 11.6 Å². The average Bonchev–Trinajstić information content (AvgIpc) is 2.36. The molecule has 0 fully saturated rings. The normalized spacial score (nSPS) is 10.3. The first kappa shape index (κ1) is 13.2. The van der Waals surface area contributed by atoms with Crippen molar-refractivity contribution in [3.63, 3.8) is 0 Å². The molecule has 0 aliphatic carbocycles. The van der Waals surface area contributed by atoms with Gasteiger partial charge >= 0.3 is 0 Å². The molecule has 0 bridgehead atoms. The van der Waals surface area contributed by atoms with Gasteiger partial charge in [-0.3, -0.25) is 9.59 Å². The predicted octanol–water partition coefficient (Wildman–Crippen LogP) is 3.74. The molecule has 0 aliphatic heterocycles. The van der Waals surface area contributed by atoms with Crippen LogP contribution in [0.25, 0.3) is 11.1 Å². The third-order valence-corrected chi connectivity index (χ3v) is 3.00. The highest BCUT2D eigenvalue weighted by molar-refractivity contribution is 6.43. The summed E-state index contributed by atoms with van der Waals surface area (Å²) in [5, 5.41) is 0. The Kier molecular flexibility index (Phi) is 3.61. The number of benzene rings is 2. The van der Waals surface area contributed by atoms with Crippen molar-refractivity contribution in [2.75, 3.05) is 0 Å². The fraction of sp³-hybridized carbons (Fsp3) is 0.176. The van der Waals surface area contributed by atoms with Crippen molar-refractivity contribution in [3.8, 4) is 11.1 Å². The number of carbonyl (C=O) groups is 2. The van der Waals surface area contributed by atoms with Crippen molar-refractivity contribution < 1.29 is 9.59 Å². The molecule has 0 aliphatic rings. The van der Waals surface area contributed by atoms with Crippen LogP contribution in [0, 0.1) is 13.8 Å². The zero-order chi connectivity index (χ0) is 14.0. The number of Topliss-reactive ketones (excluding diaryl/α,β-unsaturated/α-hetero) is 2. The number of hydrogen-bond donors (Lipinski definition) is 0. The minimum Gasteiger partial charge on any atom is -0.291 e. The molecule has 2 heteroatoms. The van der Waals surface area contributed by atoms with E-state index in [0.717, 1.165) is 11.1 Å². The third-order valence-electron chi connectivity index (χ3n) is 3.00. The second kappa shape index (κ2) is 5.19. The molecule has 0 atom stereocenters. The third kappa shape index (κ3) is 2.97. The summed E-state index contributed by atoms with van der Waals surface area (Å²) in [6.45, 7) is 5.38. The summed E-state index contributed by atoms with van der Waals surface area (Å²) in [4.78, 5) is 22.9. The molecule has 0 amide bonds. The molecule has 0 spiro atoms. The van der Waals surface area contributed by atoms with Crippen LogP contribution >= 0.6 is 0 Å². The van der Waals surface area contributed by atoms with Gasteiger partial charge < -0.3 is 0 Å². The molecule has 0 N–H and O–H groups in total. The van der Waals surface area contributed by atoms with Gasteiger partial charge in [-0.05, 0) is 31.0 Å². The molecule has 0 aromatic heterocycles. The van der Waals surface area contributed by atoms with Crippen LogP contribution < -0.4 is 0 Å². The van der Waals surface area contributed by atoms with Crippen molar-refractivity contribution in [3.05, 3.63) is 59.2 Å². The molecule has 2 aromatic carbocycles. The topological polar surface area (TPSA) is 34.1 Å². The van der Waals surface area contributed by atoms with Gasteiger partial charge in [-0.25, -0.2) is 0 Å². The Morgan fingerprint density at radius 3 is 2.05 bits per heavy atom. The predicted molar refractivity (Wildman–Crippen MR) is 76.4 cm³/mol. The summed E-state index contributed by atoms with van der Waals surface area (Å²) in [7, 11) is 0. The van der Waals surface area contributed by atoms with Crippen LogP contribution in [-0.4, -0.2) is 11.6 Å². The first-order valence-corrected chi connectivity index (χ1v) is 6.21. The molecule has 0 radical (unpaired) electrons. The molecule has 2 rings (SSSR count). The maximum Gasteiger partial charge on any atom is 0.228 e. The van der Waals surface area contributed by atoms with E-state index in [2.05, 4.69) is 18.2 Å². The summed E-state index contributed by atoms with van der Waals surface area (Å²) in [5.41, 5.74) is 4.83. The van der Waals surface area contributed by atoms with Crippen LogP contribution in [0.1, 0.15) is 28.4 Å². The zero-order valence-electron chi connectivity index (χ0n) is 11.4. The van der Waals surface area contributed by atoms with E-state index in [1.165, 1.54) is 18.1 Å². The van der Waals surface area contributed by atoms with Crippen LogP contribution in [0.3, 0.4) is 0 Å². The zero-order valence-corrected chi connectivity index (χ0v) is 11.4. The van der Waals surface area contributed by atoms with Gasteiger partial charge in [0.25, 0.3) is 0 Å². The van der Waals surface area contributed by atoms with E-state index in [4.69, 9.17) is 0 Å². The van der Waals surface area contributed by atoms with Gasteiger partial charge in [0.05, 0.1) is 0 Å². The van der Waals surface area contributed by atoms with Gasteiger partial charge in [0, 0.05) is 12.5 Å². The highest BCUT2D eigenvalue weighted by Crippen LogP contribution is 2.23. The Bertz CT molecular complexity index is 634. The molecule has 2 aromatic rings. The average molecular weight is 252 g/mol. The molecule has 0 unspecified atom stereocenters. The first-order valence-electron chi connectivity index (χ1n) is 6.21. The Morgan fingerprint density at radius 2 is 1.47 bits per heavy atom. The second-order valence-corrected chi connectivity index (χ2v) is 4.84. The van der Waals surface area contributed by atoms with Crippen LogP contribution in [0.15, 0.2) is 42.5 Å². The molecule has 96 valence electrons. The van der Waals surface area contributed by atoms with Gasteiger partial charge in [-0.1, -0.05) is 47.5 Å². The van der Waals surface area contributed by atoms with Crippen LogP contribution in [0.2, 0.25) is 0 Å². The Hall–Kier alpha value is -2.22. The quantitative estimate of drug-likeness (QED) is 0.616. The largest absolute Gasteiger partial charge is 0.291 e. The van der Waals surface area contributed by atoms with Crippen molar-refractivity contribution in [2.24, 2.45) is 0 Å². The molecular formula is C17H16O2. The summed E-state index contributed by atoms with van der Waals surface area (Å²) in [5.74, 6) is -0.871. The van der Waals surface area contributed by atoms with Crippen LogP contribution in [-0.2, 0) is 4.79 Å². The van der Waals surface area contributed by atoms with Gasteiger partial charge in [0.15, 0.2) is 5.78 Å². The molecule has 2 nitrogen and oxygen atoms in total. The standard InChI is InChI=1S/C17H16O2/c1-11-7-12(2)9-16(8-11)14-5-4-6-15(10-14)17(19)13(3)18/h4-10H,1-3H3. The highest BCUT2D eigenvalue weighted by atomic mass is 16.2. The SMILES string of the molecule is CC(=O)C(=O)c1cccc(-c2cc(C)cc(C)c2)c1. The molecular weight excluding hydrogens is 236 g/mol. The lowest BCUT2D eigenvalue weighted by Crippen LogP contribution is -2.09. The Morgan fingerprint density at radius 1 is 0.842 bits per heavy atom. The minimum absolute atomic E-state index is 0.433. The molecule has 0 heterocycles. The lowest BCUT2D eigenvalue weighted by Gasteiger charge is -2.06. The van der Waals surface area contributed by atoms with Gasteiger partial charge in [-0.2, -0.15) is 0 Å². The number of hydrogen-bond acceptors (Lipinski definition) is 2. The monoisotopic (exact) mass is 252 g/mol. The smallest absolute Gasteiger partial charge is 0.228 e. The fourth-order valence-electron chi connectivity index (χ4n) is 2.18. The van der Waals surface area contributed by atoms with E-state index < -0.39 is 11.6 Å². The molecule has 0 saturated heterocycles. The van der Waals surface area contributed by atoms with E-state index in [-0.39, 0.29) is 0 Å². The highest BCUT2D eigenvalue weighted by Gasteiger charge is 2.11. The number of aryl methyl sites for hydroxylation is 2.